The third-order valence-corrected chi connectivity index (χ3v) is 3.34. The minimum atomic E-state index is 0.422. The van der Waals surface area contributed by atoms with Gasteiger partial charge in [0.25, 0.3) is 0 Å². The predicted octanol–water partition coefficient (Wildman–Crippen LogP) is 1.33. The predicted molar refractivity (Wildman–Crippen MR) is 70.7 cm³/mol. The van der Waals surface area contributed by atoms with Gasteiger partial charge in [-0.05, 0) is 37.1 Å². The van der Waals surface area contributed by atoms with E-state index in [1.807, 2.05) is 6.20 Å². The summed E-state index contributed by atoms with van der Waals surface area (Å²) in [4.78, 5) is 2.41. The Bertz CT molecular complexity index is 510. The van der Waals surface area contributed by atoms with Crippen molar-refractivity contribution in [2.75, 3.05) is 18.0 Å². The van der Waals surface area contributed by atoms with Crippen molar-refractivity contribution in [2.24, 2.45) is 5.73 Å². The van der Waals surface area contributed by atoms with Crippen molar-refractivity contribution in [2.45, 2.75) is 19.4 Å². The van der Waals surface area contributed by atoms with Gasteiger partial charge in [0.1, 0.15) is 0 Å². The van der Waals surface area contributed by atoms with Gasteiger partial charge in [-0.2, -0.15) is 0 Å². The fourth-order valence-corrected chi connectivity index (χ4v) is 2.31. The highest BCUT2D eigenvalue weighted by Gasteiger charge is 2.12. The molecule has 94 valence electrons. The molecule has 0 unspecified atom stereocenters. The molecule has 0 aliphatic carbocycles. The molecule has 18 heavy (non-hydrogen) atoms. The van der Waals surface area contributed by atoms with E-state index < -0.39 is 0 Å². The normalized spacial score (nSPS) is 15.3. The zero-order chi connectivity index (χ0) is 12.4. The Morgan fingerprint density at radius 1 is 1.06 bits per heavy atom. The van der Waals surface area contributed by atoms with E-state index in [2.05, 4.69) is 39.5 Å². The van der Waals surface area contributed by atoms with Crippen LogP contribution >= 0.6 is 0 Å². The monoisotopic (exact) mass is 243 g/mol. The summed E-state index contributed by atoms with van der Waals surface area (Å²) >= 11 is 0. The number of aromatic nitrogens is 3. The Morgan fingerprint density at radius 2 is 1.72 bits per heavy atom. The van der Waals surface area contributed by atoms with E-state index in [0.29, 0.717) is 6.54 Å². The van der Waals surface area contributed by atoms with Gasteiger partial charge in [0.15, 0.2) is 0 Å². The maximum Gasteiger partial charge on any atom is 0.0967 e. The van der Waals surface area contributed by atoms with Crippen LogP contribution in [0.3, 0.4) is 0 Å². The first-order chi connectivity index (χ1) is 8.86. The SMILES string of the molecule is NCc1cn(-c2ccc(N3CCCC3)cc2)nn1. The van der Waals surface area contributed by atoms with Gasteiger partial charge in [0.2, 0.25) is 0 Å². The molecule has 0 bridgehead atoms. The molecule has 1 aromatic heterocycles. The number of hydrogen-bond acceptors (Lipinski definition) is 4. The van der Waals surface area contributed by atoms with Crippen molar-refractivity contribution in [1.29, 1.82) is 0 Å². The van der Waals surface area contributed by atoms with Crippen molar-refractivity contribution in [3.05, 3.63) is 36.2 Å². The van der Waals surface area contributed by atoms with Crippen LogP contribution in [0.25, 0.3) is 5.69 Å². The Labute approximate surface area is 106 Å². The summed E-state index contributed by atoms with van der Waals surface area (Å²) in [6.45, 7) is 2.76. The molecule has 0 radical (unpaired) electrons. The highest BCUT2D eigenvalue weighted by atomic mass is 15.4. The second-order valence-electron chi connectivity index (χ2n) is 4.57. The third-order valence-electron chi connectivity index (χ3n) is 3.34. The van der Waals surface area contributed by atoms with Gasteiger partial charge >= 0.3 is 0 Å². The van der Waals surface area contributed by atoms with Crippen molar-refractivity contribution < 1.29 is 0 Å². The molecule has 2 aromatic rings. The van der Waals surface area contributed by atoms with E-state index >= 15 is 0 Å². The fraction of sp³-hybridized carbons (Fsp3) is 0.385. The molecule has 1 aliphatic heterocycles. The van der Waals surface area contributed by atoms with Crippen LogP contribution in [0.1, 0.15) is 18.5 Å². The molecule has 5 heteroatoms. The molecule has 2 heterocycles. The van der Waals surface area contributed by atoms with Crippen LogP contribution in [0.15, 0.2) is 30.5 Å². The molecule has 1 fully saturated rings. The second-order valence-corrected chi connectivity index (χ2v) is 4.57. The first-order valence-electron chi connectivity index (χ1n) is 6.33. The van der Waals surface area contributed by atoms with Gasteiger partial charge in [0, 0.05) is 25.3 Å². The zero-order valence-corrected chi connectivity index (χ0v) is 10.3. The first-order valence-corrected chi connectivity index (χ1v) is 6.33. The molecule has 1 aromatic carbocycles. The highest BCUT2D eigenvalue weighted by molar-refractivity contribution is 5.51. The molecule has 1 aliphatic rings. The third kappa shape index (κ3) is 2.09. The molecule has 0 amide bonds. The number of anilines is 1. The molecule has 1 saturated heterocycles. The van der Waals surface area contributed by atoms with E-state index in [1.54, 1.807) is 4.68 Å². The molecule has 5 nitrogen and oxygen atoms in total. The maximum atomic E-state index is 5.53. The number of nitrogens with zero attached hydrogens (tertiary/aromatic N) is 4. The molecule has 3 rings (SSSR count). The summed E-state index contributed by atoms with van der Waals surface area (Å²) in [5.41, 5.74) is 8.64. The molecule has 0 spiro atoms. The van der Waals surface area contributed by atoms with Gasteiger partial charge < -0.3 is 10.6 Å². The van der Waals surface area contributed by atoms with E-state index in [-0.39, 0.29) is 0 Å². The van der Waals surface area contributed by atoms with E-state index in [9.17, 15) is 0 Å². The maximum absolute atomic E-state index is 5.53. The summed E-state index contributed by atoms with van der Waals surface area (Å²) < 4.78 is 1.76. The summed E-state index contributed by atoms with van der Waals surface area (Å²) in [7, 11) is 0. The second kappa shape index (κ2) is 4.78. The van der Waals surface area contributed by atoms with E-state index in [0.717, 1.165) is 11.4 Å². The number of hydrogen-bond donors (Lipinski definition) is 1. The molecular formula is C13H17N5. The highest BCUT2D eigenvalue weighted by Crippen LogP contribution is 2.21. The summed E-state index contributed by atoms with van der Waals surface area (Å²) in [5, 5.41) is 8.05. The molecular weight excluding hydrogens is 226 g/mol. The Kier molecular flexibility index (Phi) is 2.98. The molecule has 0 atom stereocenters. The van der Waals surface area contributed by atoms with Gasteiger partial charge in [-0.1, -0.05) is 5.21 Å². The van der Waals surface area contributed by atoms with Crippen molar-refractivity contribution >= 4 is 5.69 Å². The van der Waals surface area contributed by atoms with E-state index in [4.69, 9.17) is 5.73 Å². The van der Waals surface area contributed by atoms with Crippen LogP contribution in [-0.2, 0) is 6.54 Å². The lowest BCUT2D eigenvalue weighted by molar-refractivity contribution is 0.796. The van der Waals surface area contributed by atoms with Gasteiger partial charge in [-0.3, -0.25) is 0 Å². The average Bonchev–Trinajstić information content (AvgIpc) is 3.10. The molecule has 0 saturated carbocycles. The minimum absolute atomic E-state index is 0.422. The Morgan fingerprint density at radius 3 is 2.33 bits per heavy atom. The van der Waals surface area contributed by atoms with Gasteiger partial charge in [-0.25, -0.2) is 4.68 Å². The Hall–Kier alpha value is -1.88. The summed E-state index contributed by atoms with van der Waals surface area (Å²) in [6, 6.07) is 8.43. The number of benzene rings is 1. The van der Waals surface area contributed by atoms with Crippen molar-refractivity contribution in [3.63, 3.8) is 0 Å². The van der Waals surface area contributed by atoms with Crippen LogP contribution in [0.4, 0.5) is 5.69 Å². The number of nitrogens with two attached hydrogens (primary N) is 1. The lowest BCUT2D eigenvalue weighted by Gasteiger charge is -2.17. The standard InChI is InChI=1S/C13H17N5/c14-9-11-10-18(16-15-11)13-5-3-12(4-6-13)17-7-1-2-8-17/h3-6,10H,1-2,7-9,14H2. The van der Waals surface area contributed by atoms with Gasteiger partial charge in [0.05, 0.1) is 17.6 Å². The lowest BCUT2D eigenvalue weighted by atomic mass is 10.2. The van der Waals surface area contributed by atoms with Crippen LogP contribution in [-0.4, -0.2) is 28.1 Å². The van der Waals surface area contributed by atoms with Crippen molar-refractivity contribution in [3.8, 4) is 5.69 Å². The summed E-state index contributed by atoms with van der Waals surface area (Å²) in [5.74, 6) is 0. The summed E-state index contributed by atoms with van der Waals surface area (Å²) in [6.07, 6.45) is 4.46. The lowest BCUT2D eigenvalue weighted by Crippen LogP contribution is -2.17. The van der Waals surface area contributed by atoms with Gasteiger partial charge in [-0.15, -0.1) is 5.10 Å². The van der Waals surface area contributed by atoms with E-state index in [1.165, 1.54) is 31.6 Å². The van der Waals surface area contributed by atoms with Crippen LogP contribution < -0.4 is 10.6 Å². The minimum Gasteiger partial charge on any atom is -0.372 e. The Balaban J connectivity index is 1.81. The topological polar surface area (TPSA) is 60.0 Å². The van der Waals surface area contributed by atoms with Crippen molar-refractivity contribution in [1.82, 2.24) is 15.0 Å². The average molecular weight is 243 g/mol. The quantitative estimate of drug-likeness (QED) is 0.883. The zero-order valence-electron chi connectivity index (χ0n) is 10.3. The number of rotatable bonds is 3. The fourth-order valence-electron chi connectivity index (χ4n) is 2.31. The molecule has 2 N–H and O–H groups in total. The first kappa shape index (κ1) is 11.2. The van der Waals surface area contributed by atoms with Crippen LogP contribution in [0, 0.1) is 0 Å². The largest absolute Gasteiger partial charge is 0.372 e. The van der Waals surface area contributed by atoms with Crippen LogP contribution in [0.5, 0.6) is 0 Å². The van der Waals surface area contributed by atoms with Crippen LogP contribution in [0.2, 0.25) is 0 Å². The smallest absolute Gasteiger partial charge is 0.0967 e.